The predicted octanol–water partition coefficient (Wildman–Crippen LogP) is 6.55. The molecule has 4 aromatic rings. The number of nitrogens with zero attached hydrogens (tertiary/aromatic N) is 1. The third-order valence-corrected chi connectivity index (χ3v) is 4.08. The number of rotatable bonds is 2. The molecule has 120 valence electrons. The lowest BCUT2D eigenvalue weighted by Gasteiger charge is -2.09. The van der Waals surface area contributed by atoms with Crippen molar-refractivity contribution >= 4 is 34.9 Å². The van der Waals surface area contributed by atoms with E-state index >= 15 is 0 Å². The summed E-state index contributed by atoms with van der Waals surface area (Å²) in [6.45, 7) is 1.93. The Labute approximate surface area is 151 Å². The van der Waals surface area contributed by atoms with Crippen molar-refractivity contribution in [3.8, 4) is 22.6 Å². The fourth-order valence-electron chi connectivity index (χ4n) is 2.75. The van der Waals surface area contributed by atoms with Gasteiger partial charge in [-0.1, -0.05) is 41.9 Å². The molecular formula is C20H15Cl2NO. The molecule has 0 aliphatic rings. The summed E-state index contributed by atoms with van der Waals surface area (Å²) in [5, 5.41) is 1.74. The number of benzene rings is 2. The first-order valence-electron chi connectivity index (χ1n) is 7.43. The van der Waals surface area contributed by atoms with E-state index in [0.29, 0.717) is 5.02 Å². The highest BCUT2D eigenvalue weighted by Crippen LogP contribution is 2.33. The van der Waals surface area contributed by atoms with Crippen molar-refractivity contribution in [1.29, 1.82) is 0 Å². The van der Waals surface area contributed by atoms with Gasteiger partial charge in [0.25, 0.3) is 0 Å². The van der Waals surface area contributed by atoms with Gasteiger partial charge in [-0.2, -0.15) is 0 Å². The maximum absolute atomic E-state index is 6.19. The molecule has 2 aromatic carbocycles. The van der Waals surface area contributed by atoms with Crippen LogP contribution in [0.2, 0.25) is 5.02 Å². The zero-order chi connectivity index (χ0) is 15.8. The van der Waals surface area contributed by atoms with E-state index < -0.39 is 0 Å². The largest absolute Gasteiger partial charge is 0.460 e. The van der Waals surface area contributed by atoms with Gasteiger partial charge in [0.05, 0.1) is 5.52 Å². The standard InChI is InChI=1S/C20H14ClNO.ClH/c1-13-7-10-20(23-13)19-12-16(14-5-3-2-4-6-14)17-11-15(21)8-9-18(17)22-19;/h2-12H,1H3;1H. The Balaban J connectivity index is 0.00000169. The van der Waals surface area contributed by atoms with Crippen molar-refractivity contribution in [3.05, 3.63) is 77.5 Å². The van der Waals surface area contributed by atoms with Crippen LogP contribution in [-0.4, -0.2) is 4.98 Å². The zero-order valence-electron chi connectivity index (χ0n) is 13.0. The lowest BCUT2D eigenvalue weighted by molar-refractivity contribution is 0.546. The number of furan rings is 1. The van der Waals surface area contributed by atoms with Gasteiger partial charge in [-0.15, -0.1) is 12.4 Å². The highest BCUT2D eigenvalue weighted by Gasteiger charge is 2.12. The van der Waals surface area contributed by atoms with Crippen LogP contribution in [0.15, 0.2) is 71.1 Å². The predicted molar refractivity (Wildman–Crippen MR) is 102 cm³/mol. The molecule has 0 radical (unpaired) electrons. The summed E-state index contributed by atoms with van der Waals surface area (Å²) in [6, 6.07) is 22.0. The van der Waals surface area contributed by atoms with Gasteiger partial charge >= 0.3 is 0 Å². The molecule has 0 bridgehead atoms. The molecule has 0 saturated carbocycles. The van der Waals surface area contributed by atoms with E-state index in [1.165, 1.54) is 0 Å². The second-order valence-electron chi connectivity index (χ2n) is 5.49. The number of hydrogen-bond donors (Lipinski definition) is 0. The van der Waals surface area contributed by atoms with Gasteiger partial charge < -0.3 is 4.42 Å². The average molecular weight is 356 g/mol. The summed E-state index contributed by atoms with van der Waals surface area (Å²) in [6.07, 6.45) is 0. The molecule has 2 nitrogen and oxygen atoms in total. The van der Waals surface area contributed by atoms with Gasteiger partial charge in [-0.25, -0.2) is 4.98 Å². The molecule has 0 saturated heterocycles. The van der Waals surface area contributed by atoms with Crippen molar-refractivity contribution in [2.24, 2.45) is 0 Å². The van der Waals surface area contributed by atoms with Crippen molar-refractivity contribution in [2.75, 3.05) is 0 Å². The molecule has 0 spiro atoms. The molecule has 2 aromatic heterocycles. The van der Waals surface area contributed by atoms with Gasteiger partial charge in [-0.3, -0.25) is 0 Å². The molecule has 0 fully saturated rings. The lowest BCUT2D eigenvalue weighted by Crippen LogP contribution is -1.89. The Morgan fingerprint density at radius 3 is 2.42 bits per heavy atom. The molecule has 24 heavy (non-hydrogen) atoms. The van der Waals surface area contributed by atoms with Crippen LogP contribution in [0.25, 0.3) is 33.5 Å². The first-order chi connectivity index (χ1) is 11.2. The minimum absolute atomic E-state index is 0. The van der Waals surface area contributed by atoms with E-state index in [4.69, 9.17) is 21.0 Å². The maximum Gasteiger partial charge on any atom is 0.152 e. The molecule has 2 heterocycles. The minimum atomic E-state index is 0. The van der Waals surface area contributed by atoms with Gasteiger partial charge in [0.1, 0.15) is 11.5 Å². The van der Waals surface area contributed by atoms with E-state index in [0.717, 1.165) is 39.2 Å². The second-order valence-corrected chi connectivity index (χ2v) is 5.93. The Kier molecular flexibility index (Phi) is 4.61. The maximum atomic E-state index is 6.19. The van der Waals surface area contributed by atoms with Crippen LogP contribution in [0.4, 0.5) is 0 Å². The van der Waals surface area contributed by atoms with Gasteiger partial charge in [-0.05, 0) is 54.4 Å². The Morgan fingerprint density at radius 1 is 0.917 bits per heavy atom. The Bertz CT molecular complexity index is 993. The SMILES string of the molecule is Cc1ccc(-c2cc(-c3ccccc3)c3cc(Cl)ccc3n2)o1.Cl. The highest BCUT2D eigenvalue weighted by molar-refractivity contribution is 6.31. The number of halogens is 2. The lowest BCUT2D eigenvalue weighted by atomic mass is 10.00. The normalized spacial score (nSPS) is 10.6. The van der Waals surface area contributed by atoms with E-state index in [9.17, 15) is 0 Å². The number of aryl methyl sites for hydroxylation is 1. The van der Waals surface area contributed by atoms with E-state index in [2.05, 4.69) is 18.2 Å². The van der Waals surface area contributed by atoms with Gasteiger partial charge in [0, 0.05) is 10.4 Å². The molecule has 0 aliphatic heterocycles. The summed E-state index contributed by atoms with van der Waals surface area (Å²) >= 11 is 6.19. The average Bonchev–Trinajstić information content (AvgIpc) is 3.01. The highest BCUT2D eigenvalue weighted by atomic mass is 35.5. The van der Waals surface area contributed by atoms with Crippen LogP contribution < -0.4 is 0 Å². The molecule has 0 atom stereocenters. The van der Waals surface area contributed by atoms with Crippen molar-refractivity contribution in [2.45, 2.75) is 6.92 Å². The molecule has 0 N–H and O–H groups in total. The van der Waals surface area contributed by atoms with Crippen LogP contribution in [-0.2, 0) is 0 Å². The number of aromatic nitrogens is 1. The van der Waals surface area contributed by atoms with Gasteiger partial charge in [0.15, 0.2) is 5.76 Å². The Morgan fingerprint density at radius 2 is 1.71 bits per heavy atom. The van der Waals surface area contributed by atoms with E-state index in [1.807, 2.05) is 55.5 Å². The third kappa shape index (κ3) is 3.03. The Hall–Kier alpha value is -2.29. The third-order valence-electron chi connectivity index (χ3n) is 3.85. The first-order valence-corrected chi connectivity index (χ1v) is 7.81. The topological polar surface area (TPSA) is 26.0 Å². The van der Waals surface area contributed by atoms with E-state index in [1.54, 1.807) is 0 Å². The van der Waals surface area contributed by atoms with E-state index in [-0.39, 0.29) is 12.4 Å². The summed E-state index contributed by atoms with van der Waals surface area (Å²) < 4.78 is 5.74. The monoisotopic (exact) mass is 355 g/mol. The molecule has 4 heteroatoms. The van der Waals surface area contributed by atoms with Crippen LogP contribution in [0.1, 0.15) is 5.76 Å². The molecule has 0 aliphatic carbocycles. The number of pyridine rings is 1. The second kappa shape index (κ2) is 6.68. The van der Waals surface area contributed by atoms with Crippen LogP contribution >= 0.6 is 24.0 Å². The van der Waals surface area contributed by atoms with Crippen molar-refractivity contribution in [3.63, 3.8) is 0 Å². The van der Waals surface area contributed by atoms with Gasteiger partial charge in [0.2, 0.25) is 0 Å². The molecular weight excluding hydrogens is 341 g/mol. The fraction of sp³-hybridized carbons (Fsp3) is 0.0500. The summed E-state index contributed by atoms with van der Waals surface area (Å²) in [5.74, 6) is 1.65. The van der Waals surface area contributed by atoms with Crippen LogP contribution in [0, 0.1) is 6.92 Å². The minimum Gasteiger partial charge on any atom is -0.460 e. The summed E-state index contributed by atoms with van der Waals surface area (Å²) in [5.41, 5.74) is 3.96. The first kappa shape index (κ1) is 16.6. The molecule has 0 unspecified atom stereocenters. The zero-order valence-corrected chi connectivity index (χ0v) is 14.6. The smallest absolute Gasteiger partial charge is 0.152 e. The van der Waals surface area contributed by atoms with Crippen molar-refractivity contribution < 1.29 is 4.42 Å². The molecule has 0 amide bonds. The summed E-state index contributed by atoms with van der Waals surface area (Å²) in [7, 11) is 0. The van der Waals surface area contributed by atoms with Crippen molar-refractivity contribution in [1.82, 2.24) is 4.98 Å². The van der Waals surface area contributed by atoms with Crippen LogP contribution in [0.5, 0.6) is 0 Å². The quantitative estimate of drug-likeness (QED) is 0.407. The molecule has 4 rings (SSSR count). The summed E-state index contributed by atoms with van der Waals surface area (Å²) in [4.78, 5) is 4.73. The number of hydrogen-bond acceptors (Lipinski definition) is 2. The van der Waals surface area contributed by atoms with Crippen LogP contribution in [0.3, 0.4) is 0 Å². The fourth-order valence-corrected chi connectivity index (χ4v) is 2.93. The number of fused-ring (bicyclic) bond motifs is 1.